The first-order chi connectivity index (χ1) is 10.6. The number of aliphatic carboxylic acids is 1. The fourth-order valence-electron chi connectivity index (χ4n) is 1.85. The highest BCUT2D eigenvalue weighted by Crippen LogP contribution is 2.22. The zero-order valence-corrected chi connectivity index (χ0v) is 12.6. The number of aromatic nitrogens is 1. The number of fused-ring (bicyclic) bond motifs is 1. The van der Waals surface area contributed by atoms with Crippen LogP contribution in [-0.2, 0) is 22.7 Å². The van der Waals surface area contributed by atoms with E-state index >= 15 is 0 Å². The summed E-state index contributed by atoms with van der Waals surface area (Å²) in [6.07, 6.45) is -2.58. The molecule has 2 atom stereocenters. The summed E-state index contributed by atoms with van der Waals surface area (Å²) in [5.41, 5.74) is 7.76. The average Bonchev–Trinajstić information content (AvgIpc) is 3.05. The smallest absolute Gasteiger partial charge is 0.475 e. The highest BCUT2D eigenvalue weighted by Gasteiger charge is 2.38. The zero-order chi connectivity index (χ0) is 17.8. The van der Waals surface area contributed by atoms with E-state index in [1.54, 1.807) is 11.2 Å². The standard InChI is InChI=1S/C11H17N3O2.C2HF3O2/c1-3-7(2)10(12)11(15)14-4-8-6-16-13-9(8)5-14;3-2(4,5)1(6)7/h6-7,10H,3-5,12H2,1-2H3;(H,6,7)/t7-,10+;/m1./s1. The molecule has 1 aromatic heterocycles. The molecular formula is C13H18F3N3O4. The molecule has 0 fully saturated rings. The largest absolute Gasteiger partial charge is 0.490 e. The molecule has 7 nitrogen and oxygen atoms in total. The van der Waals surface area contributed by atoms with Crippen LogP contribution in [0.25, 0.3) is 0 Å². The minimum atomic E-state index is -5.08. The maximum atomic E-state index is 12.1. The summed E-state index contributed by atoms with van der Waals surface area (Å²) in [6.45, 7) is 5.13. The third-order valence-electron chi connectivity index (χ3n) is 3.53. The molecule has 2 heterocycles. The van der Waals surface area contributed by atoms with Gasteiger partial charge >= 0.3 is 12.1 Å². The number of hydrogen-bond donors (Lipinski definition) is 2. The lowest BCUT2D eigenvalue weighted by molar-refractivity contribution is -0.192. The minimum Gasteiger partial charge on any atom is -0.475 e. The molecule has 1 aromatic rings. The molecule has 130 valence electrons. The van der Waals surface area contributed by atoms with E-state index in [0.29, 0.717) is 13.1 Å². The fourth-order valence-corrected chi connectivity index (χ4v) is 1.85. The summed E-state index contributed by atoms with van der Waals surface area (Å²) in [6, 6.07) is -0.411. The van der Waals surface area contributed by atoms with Crippen molar-refractivity contribution >= 4 is 11.9 Å². The van der Waals surface area contributed by atoms with Gasteiger partial charge in [-0.05, 0) is 5.92 Å². The van der Waals surface area contributed by atoms with E-state index in [-0.39, 0.29) is 11.8 Å². The monoisotopic (exact) mass is 337 g/mol. The molecule has 1 amide bonds. The number of carbonyl (C=O) groups is 2. The van der Waals surface area contributed by atoms with Gasteiger partial charge in [-0.15, -0.1) is 0 Å². The summed E-state index contributed by atoms with van der Waals surface area (Å²) in [4.78, 5) is 22.7. The number of rotatable bonds is 3. The van der Waals surface area contributed by atoms with Gasteiger partial charge in [0.1, 0.15) is 12.0 Å². The van der Waals surface area contributed by atoms with Crippen LogP contribution in [0.15, 0.2) is 10.8 Å². The van der Waals surface area contributed by atoms with Crippen LogP contribution in [0.2, 0.25) is 0 Å². The van der Waals surface area contributed by atoms with Gasteiger partial charge in [-0.3, -0.25) is 4.79 Å². The molecular weight excluding hydrogens is 319 g/mol. The molecule has 0 unspecified atom stereocenters. The second kappa shape index (κ2) is 7.44. The highest BCUT2D eigenvalue weighted by molar-refractivity contribution is 5.82. The molecule has 0 aliphatic carbocycles. The van der Waals surface area contributed by atoms with Gasteiger partial charge in [0.2, 0.25) is 5.91 Å². The van der Waals surface area contributed by atoms with Crippen LogP contribution in [0, 0.1) is 5.92 Å². The van der Waals surface area contributed by atoms with E-state index in [2.05, 4.69) is 5.16 Å². The molecule has 0 spiro atoms. The molecule has 2 rings (SSSR count). The van der Waals surface area contributed by atoms with Crippen LogP contribution in [-0.4, -0.2) is 39.3 Å². The molecule has 23 heavy (non-hydrogen) atoms. The molecule has 3 N–H and O–H groups in total. The highest BCUT2D eigenvalue weighted by atomic mass is 19.4. The number of alkyl halides is 3. The lowest BCUT2D eigenvalue weighted by Gasteiger charge is -2.23. The normalized spacial score (nSPS) is 16.2. The van der Waals surface area contributed by atoms with E-state index in [1.165, 1.54) is 0 Å². The SMILES string of the molecule is CC[C@@H](C)[C@H](N)C(=O)N1Cc2conc2C1.O=C(O)C(F)(F)F. The maximum absolute atomic E-state index is 12.1. The van der Waals surface area contributed by atoms with E-state index in [1.807, 2.05) is 13.8 Å². The Kier molecular flexibility index (Phi) is 6.13. The van der Waals surface area contributed by atoms with Gasteiger partial charge in [0.15, 0.2) is 0 Å². The Balaban J connectivity index is 0.000000322. The quantitative estimate of drug-likeness (QED) is 0.865. The van der Waals surface area contributed by atoms with Crippen LogP contribution in [0.1, 0.15) is 31.5 Å². The first kappa shape index (κ1) is 18.9. The van der Waals surface area contributed by atoms with Crippen molar-refractivity contribution in [2.75, 3.05) is 0 Å². The summed E-state index contributed by atoms with van der Waals surface area (Å²) < 4.78 is 36.6. The number of hydrogen-bond acceptors (Lipinski definition) is 5. The predicted octanol–water partition coefficient (Wildman–Crippen LogP) is 1.52. The molecule has 1 aliphatic rings. The summed E-state index contributed by atoms with van der Waals surface area (Å²) in [5, 5.41) is 11.0. The second-order valence-corrected chi connectivity index (χ2v) is 5.20. The van der Waals surface area contributed by atoms with Crippen LogP contribution in [0.4, 0.5) is 13.2 Å². The number of carboxylic acid groups (broad SMARTS) is 1. The Morgan fingerprint density at radius 1 is 1.48 bits per heavy atom. The number of nitrogens with two attached hydrogens (primary N) is 1. The Morgan fingerprint density at radius 3 is 2.48 bits per heavy atom. The van der Waals surface area contributed by atoms with Crippen LogP contribution < -0.4 is 5.73 Å². The maximum Gasteiger partial charge on any atom is 0.490 e. The van der Waals surface area contributed by atoms with E-state index in [4.69, 9.17) is 20.2 Å². The summed E-state index contributed by atoms with van der Waals surface area (Å²) in [7, 11) is 0. The third kappa shape index (κ3) is 4.95. The molecule has 0 saturated carbocycles. The molecule has 10 heteroatoms. The third-order valence-corrected chi connectivity index (χ3v) is 3.53. The summed E-state index contributed by atoms with van der Waals surface area (Å²) in [5.74, 6) is -2.54. The lowest BCUT2D eigenvalue weighted by Crippen LogP contribution is -2.45. The van der Waals surface area contributed by atoms with Gasteiger partial charge in [-0.25, -0.2) is 4.79 Å². The number of carboxylic acids is 1. The first-order valence-electron chi connectivity index (χ1n) is 6.84. The van der Waals surface area contributed by atoms with E-state index in [0.717, 1.165) is 17.7 Å². The topological polar surface area (TPSA) is 110 Å². The summed E-state index contributed by atoms with van der Waals surface area (Å²) >= 11 is 0. The molecule has 0 radical (unpaired) electrons. The van der Waals surface area contributed by atoms with Crippen LogP contribution >= 0.6 is 0 Å². The number of nitrogens with zero attached hydrogens (tertiary/aromatic N) is 2. The molecule has 0 saturated heterocycles. The molecule has 0 aromatic carbocycles. The Bertz CT molecular complexity index is 538. The van der Waals surface area contributed by atoms with Crippen molar-refractivity contribution < 1.29 is 32.4 Å². The zero-order valence-electron chi connectivity index (χ0n) is 12.6. The first-order valence-corrected chi connectivity index (χ1v) is 6.84. The van der Waals surface area contributed by atoms with Crippen molar-refractivity contribution in [3.63, 3.8) is 0 Å². The Hall–Kier alpha value is -2.10. The van der Waals surface area contributed by atoms with Crippen molar-refractivity contribution in [2.45, 2.75) is 45.6 Å². The van der Waals surface area contributed by atoms with E-state index < -0.39 is 18.2 Å². The van der Waals surface area contributed by atoms with E-state index in [9.17, 15) is 18.0 Å². The van der Waals surface area contributed by atoms with Crippen molar-refractivity contribution in [2.24, 2.45) is 11.7 Å². The van der Waals surface area contributed by atoms with Crippen LogP contribution in [0.3, 0.4) is 0 Å². The number of amides is 1. The Labute approximate surface area is 130 Å². The number of carbonyl (C=O) groups excluding carboxylic acids is 1. The van der Waals surface area contributed by atoms with Gasteiger partial charge in [-0.2, -0.15) is 13.2 Å². The van der Waals surface area contributed by atoms with Crippen molar-refractivity contribution in [3.8, 4) is 0 Å². The fraction of sp³-hybridized carbons (Fsp3) is 0.615. The second-order valence-electron chi connectivity index (χ2n) is 5.20. The van der Waals surface area contributed by atoms with Crippen molar-refractivity contribution in [1.29, 1.82) is 0 Å². The van der Waals surface area contributed by atoms with Gasteiger partial charge in [0.25, 0.3) is 0 Å². The predicted molar refractivity (Wildman–Crippen MR) is 71.9 cm³/mol. The van der Waals surface area contributed by atoms with Crippen molar-refractivity contribution in [3.05, 3.63) is 17.5 Å². The average molecular weight is 337 g/mol. The van der Waals surface area contributed by atoms with Gasteiger partial charge in [0, 0.05) is 5.56 Å². The van der Waals surface area contributed by atoms with Crippen LogP contribution in [0.5, 0.6) is 0 Å². The number of halogens is 3. The van der Waals surface area contributed by atoms with Gasteiger partial charge in [-0.1, -0.05) is 25.4 Å². The Morgan fingerprint density at radius 2 is 2.04 bits per heavy atom. The molecule has 1 aliphatic heterocycles. The van der Waals surface area contributed by atoms with Gasteiger partial charge in [0.05, 0.1) is 19.1 Å². The van der Waals surface area contributed by atoms with Crippen molar-refractivity contribution in [1.82, 2.24) is 10.1 Å². The minimum absolute atomic E-state index is 0.00681. The lowest BCUT2D eigenvalue weighted by atomic mass is 9.99. The molecule has 0 bridgehead atoms. The van der Waals surface area contributed by atoms with Gasteiger partial charge < -0.3 is 20.3 Å².